The zero-order valence-corrected chi connectivity index (χ0v) is 18.5. The Morgan fingerprint density at radius 3 is 2.42 bits per heavy atom. The lowest BCUT2D eigenvalue weighted by Gasteiger charge is -2.12. The molecule has 2 heterocycles. The Morgan fingerprint density at radius 1 is 0.968 bits per heavy atom. The molecule has 0 bridgehead atoms. The number of nitrogens with one attached hydrogen (secondary N) is 2. The standard InChI is InChI=1S/C24H21BrN4O2/c1-15-12-13-26-22(15)16-6-8-17(9-7-16)23(30)28-20-5-3-2-4-19(20)24(31)29-21-11-10-18(25)14-27-21/h2-11,14-15H,12-13H2,1H3,(H,28,30)(H,27,29,31). The summed E-state index contributed by atoms with van der Waals surface area (Å²) in [5.74, 6) is 0.225. The van der Waals surface area contributed by atoms with Crippen LogP contribution in [0.15, 0.2) is 76.3 Å². The average molecular weight is 477 g/mol. The van der Waals surface area contributed by atoms with Gasteiger partial charge in [0.05, 0.1) is 11.3 Å². The molecule has 4 rings (SSSR count). The van der Waals surface area contributed by atoms with E-state index in [2.05, 4.69) is 43.5 Å². The molecule has 0 saturated heterocycles. The van der Waals surface area contributed by atoms with E-state index in [-0.39, 0.29) is 11.8 Å². The number of halogens is 1. The minimum absolute atomic E-state index is 0.282. The summed E-state index contributed by atoms with van der Waals surface area (Å²) in [7, 11) is 0. The lowest BCUT2D eigenvalue weighted by atomic mass is 9.97. The summed E-state index contributed by atoms with van der Waals surface area (Å²) in [4.78, 5) is 34.2. The number of amides is 2. The van der Waals surface area contributed by atoms with Crippen LogP contribution < -0.4 is 10.6 Å². The second-order valence-electron chi connectivity index (χ2n) is 7.35. The van der Waals surface area contributed by atoms with Gasteiger partial charge in [0.1, 0.15) is 5.82 Å². The second-order valence-corrected chi connectivity index (χ2v) is 8.27. The molecule has 1 atom stereocenters. The Labute approximate surface area is 188 Å². The van der Waals surface area contributed by atoms with Crippen LogP contribution in [-0.2, 0) is 0 Å². The molecule has 3 aromatic rings. The number of aliphatic imine (C=N–C) groups is 1. The molecule has 1 aliphatic rings. The molecule has 156 valence electrons. The highest BCUT2D eigenvalue weighted by atomic mass is 79.9. The van der Waals surface area contributed by atoms with E-state index in [4.69, 9.17) is 0 Å². The van der Waals surface area contributed by atoms with Crippen molar-refractivity contribution in [2.75, 3.05) is 17.2 Å². The summed E-state index contributed by atoms with van der Waals surface area (Å²) in [6, 6.07) is 17.8. The van der Waals surface area contributed by atoms with Gasteiger partial charge in [0.25, 0.3) is 11.8 Å². The predicted octanol–water partition coefficient (Wildman–Crippen LogP) is 5.18. The molecule has 2 amide bonds. The zero-order chi connectivity index (χ0) is 21.8. The van der Waals surface area contributed by atoms with Gasteiger partial charge in [-0.3, -0.25) is 14.6 Å². The van der Waals surface area contributed by atoms with E-state index >= 15 is 0 Å². The van der Waals surface area contributed by atoms with Crippen molar-refractivity contribution < 1.29 is 9.59 Å². The largest absolute Gasteiger partial charge is 0.321 e. The lowest BCUT2D eigenvalue weighted by molar-refractivity contribution is 0.102. The molecule has 0 saturated carbocycles. The summed E-state index contributed by atoms with van der Waals surface area (Å²) in [6.45, 7) is 3.02. The zero-order valence-electron chi connectivity index (χ0n) is 16.9. The molecule has 0 aliphatic carbocycles. The van der Waals surface area contributed by atoms with Crippen LogP contribution in [0.2, 0.25) is 0 Å². The Bertz CT molecular complexity index is 1140. The van der Waals surface area contributed by atoms with Crippen LogP contribution in [0.1, 0.15) is 39.6 Å². The first-order valence-corrected chi connectivity index (χ1v) is 10.8. The Kier molecular flexibility index (Phi) is 6.23. The van der Waals surface area contributed by atoms with Crippen LogP contribution in [-0.4, -0.2) is 29.1 Å². The van der Waals surface area contributed by atoms with Crippen molar-refractivity contribution >= 4 is 45.0 Å². The lowest BCUT2D eigenvalue weighted by Crippen LogP contribution is -2.18. The van der Waals surface area contributed by atoms with Crippen molar-refractivity contribution in [2.24, 2.45) is 10.9 Å². The van der Waals surface area contributed by atoms with Gasteiger partial charge >= 0.3 is 0 Å². The summed E-state index contributed by atoms with van der Waals surface area (Å²) < 4.78 is 0.818. The van der Waals surface area contributed by atoms with Gasteiger partial charge < -0.3 is 10.6 Å². The molecular weight excluding hydrogens is 456 g/mol. The summed E-state index contributed by atoms with van der Waals surface area (Å²) >= 11 is 3.31. The monoisotopic (exact) mass is 476 g/mol. The summed E-state index contributed by atoms with van der Waals surface area (Å²) in [5.41, 5.74) is 3.44. The number of aromatic nitrogens is 1. The minimum atomic E-state index is -0.352. The summed E-state index contributed by atoms with van der Waals surface area (Å²) in [5, 5.41) is 5.59. The maximum absolute atomic E-state index is 12.8. The smallest absolute Gasteiger partial charge is 0.258 e. The van der Waals surface area contributed by atoms with Gasteiger partial charge in [0.2, 0.25) is 0 Å². The van der Waals surface area contributed by atoms with E-state index in [0.29, 0.717) is 28.6 Å². The number of para-hydroxylation sites is 1. The van der Waals surface area contributed by atoms with E-state index in [1.807, 2.05) is 12.1 Å². The molecule has 2 N–H and O–H groups in total. The van der Waals surface area contributed by atoms with Gasteiger partial charge in [0, 0.05) is 34.4 Å². The molecule has 1 aromatic heterocycles. The molecule has 7 heteroatoms. The van der Waals surface area contributed by atoms with Crippen LogP contribution in [0.3, 0.4) is 0 Å². The Morgan fingerprint density at radius 2 is 1.74 bits per heavy atom. The number of carbonyl (C=O) groups is 2. The molecule has 31 heavy (non-hydrogen) atoms. The van der Waals surface area contributed by atoms with Crippen LogP contribution in [0.4, 0.5) is 11.5 Å². The number of hydrogen-bond donors (Lipinski definition) is 2. The Balaban J connectivity index is 1.48. The third-order valence-electron chi connectivity index (χ3n) is 5.14. The van der Waals surface area contributed by atoms with Crippen LogP contribution in [0.25, 0.3) is 0 Å². The molecule has 1 aliphatic heterocycles. The van der Waals surface area contributed by atoms with E-state index in [1.54, 1.807) is 54.7 Å². The fourth-order valence-electron chi connectivity index (χ4n) is 3.46. The number of rotatable bonds is 5. The first-order valence-electron chi connectivity index (χ1n) is 9.99. The summed E-state index contributed by atoms with van der Waals surface area (Å²) in [6.07, 6.45) is 2.66. The fraction of sp³-hybridized carbons (Fsp3) is 0.167. The second kappa shape index (κ2) is 9.22. The number of hydrogen-bond acceptors (Lipinski definition) is 4. The van der Waals surface area contributed by atoms with E-state index in [1.165, 1.54) is 0 Å². The van der Waals surface area contributed by atoms with Crippen molar-refractivity contribution in [2.45, 2.75) is 13.3 Å². The quantitative estimate of drug-likeness (QED) is 0.532. The number of nitrogens with zero attached hydrogens (tertiary/aromatic N) is 2. The van der Waals surface area contributed by atoms with Crippen molar-refractivity contribution in [1.29, 1.82) is 0 Å². The normalized spacial score (nSPS) is 15.3. The number of benzene rings is 2. The van der Waals surface area contributed by atoms with Crippen LogP contribution in [0.5, 0.6) is 0 Å². The van der Waals surface area contributed by atoms with Gasteiger partial charge in [-0.25, -0.2) is 4.98 Å². The van der Waals surface area contributed by atoms with E-state index in [0.717, 1.165) is 28.7 Å². The Hall–Kier alpha value is -3.32. The highest BCUT2D eigenvalue weighted by molar-refractivity contribution is 9.10. The van der Waals surface area contributed by atoms with E-state index < -0.39 is 0 Å². The topological polar surface area (TPSA) is 83.5 Å². The average Bonchev–Trinajstić information content (AvgIpc) is 3.21. The molecule has 1 unspecified atom stereocenters. The maximum atomic E-state index is 12.8. The molecule has 0 spiro atoms. The molecular formula is C24H21BrN4O2. The maximum Gasteiger partial charge on any atom is 0.258 e. The van der Waals surface area contributed by atoms with Crippen molar-refractivity contribution in [3.8, 4) is 0 Å². The van der Waals surface area contributed by atoms with Crippen LogP contribution in [0, 0.1) is 5.92 Å². The molecule has 2 aromatic carbocycles. The van der Waals surface area contributed by atoms with Crippen LogP contribution >= 0.6 is 15.9 Å². The third-order valence-corrected chi connectivity index (χ3v) is 5.61. The highest BCUT2D eigenvalue weighted by Gasteiger charge is 2.19. The molecule has 6 nitrogen and oxygen atoms in total. The first-order chi connectivity index (χ1) is 15.0. The number of anilines is 2. The van der Waals surface area contributed by atoms with Gasteiger partial charge in [-0.05, 0) is 64.3 Å². The highest BCUT2D eigenvalue weighted by Crippen LogP contribution is 2.21. The number of carbonyl (C=O) groups excluding carboxylic acids is 2. The number of pyridine rings is 1. The minimum Gasteiger partial charge on any atom is -0.321 e. The van der Waals surface area contributed by atoms with Crippen molar-refractivity contribution in [3.05, 3.63) is 88.0 Å². The fourth-order valence-corrected chi connectivity index (χ4v) is 3.69. The van der Waals surface area contributed by atoms with Gasteiger partial charge in [-0.1, -0.05) is 31.2 Å². The predicted molar refractivity (Wildman–Crippen MR) is 126 cm³/mol. The third kappa shape index (κ3) is 4.88. The van der Waals surface area contributed by atoms with Crippen molar-refractivity contribution in [3.63, 3.8) is 0 Å². The van der Waals surface area contributed by atoms with Gasteiger partial charge in [0.15, 0.2) is 0 Å². The van der Waals surface area contributed by atoms with Gasteiger partial charge in [-0.2, -0.15) is 0 Å². The molecule has 0 fully saturated rings. The van der Waals surface area contributed by atoms with Crippen molar-refractivity contribution in [1.82, 2.24) is 4.98 Å². The first kappa shape index (κ1) is 20.9. The van der Waals surface area contributed by atoms with Gasteiger partial charge in [-0.15, -0.1) is 0 Å². The molecule has 0 radical (unpaired) electrons. The SMILES string of the molecule is CC1CCN=C1c1ccc(C(=O)Nc2ccccc2C(=O)Nc2ccc(Br)cn2)cc1. The van der Waals surface area contributed by atoms with E-state index in [9.17, 15) is 9.59 Å².